The van der Waals surface area contributed by atoms with Crippen LogP contribution >= 0.6 is 9.64 Å². The van der Waals surface area contributed by atoms with Gasteiger partial charge in [-0.05, 0) is 24.3 Å². The molecule has 0 aromatic carbocycles. The van der Waals surface area contributed by atoms with Gasteiger partial charge in [0.15, 0.2) is 0 Å². The van der Waals surface area contributed by atoms with E-state index < -0.39 is 0 Å². The smallest absolute Gasteiger partial charge is 0.0886 e. The van der Waals surface area contributed by atoms with Crippen LogP contribution in [0.1, 0.15) is 0 Å². The number of halogens is 1. The van der Waals surface area contributed by atoms with Gasteiger partial charge >= 0.3 is 27.2 Å². The molecule has 2 heterocycles. The van der Waals surface area contributed by atoms with Crippen LogP contribution in [-0.2, 0) is 17.6 Å². The van der Waals surface area contributed by atoms with Crippen molar-refractivity contribution in [2.45, 2.75) is 0 Å². The monoisotopic (exact) mass is 398 g/mol. The second-order valence-corrected chi connectivity index (χ2v) is 2.43. The second kappa shape index (κ2) is 8.53. The van der Waals surface area contributed by atoms with Gasteiger partial charge in [-0.1, -0.05) is 12.1 Å². The Kier molecular flexibility index (Phi) is 8.09. The van der Waals surface area contributed by atoms with Crippen molar-refractivity contribution < 1.29 is 17.6 Å². The fraction of sp³-hybridized carbons (Fsp3) is 0. The molecule has 0 spiro atoms. The number of aromatic nitrogens is 2. The van der Waals surface area contributed by atoms with Gasteiger partial charge in [0.2, 0.25) is 0 Å². The maximum atomic E-state index is 4.67. The first-order valence-corrected chi connectivity index (χ1v) is 7.07. The first-order chi connectivity index (χ1) is 6.97. The van der Waals surface area contributed by atoms with E-state index in [9.17, 15) is 0 Å². The van der Waals surface area contributed by atoms with Gasteiger partial charge < -0.3 is 7.43 Å². The van der Waals surface area contributed by atoms with Gasteiger partial charge in [-0.3, -0.25) is 9.97 Å². The zero-order chi connectivity index (χ0) is 10.2. The van der Waals surface area contributed by atoms with E-state index in [1.165, 1.54) is 17.6 Å². The van der Waals surface area contributed by atoms with Crippen LogP contribution in [0.3, 0.4) is 0 Å². The van der Waals surface area contributed by atoms with Crippen LogP contribution in [0.5, 0.6) is 0 Å². The molecule has 2 aromatic heterocycles. The Balaban J connectivity index is 0.000000617. The maximum Gasteiger partial charge on any atom is 0.0886 e. The van der Waals surface area contributed by atoms with Crippen molar-refractivity contribution in [1.82, 2.24) is 9.97 Å². The Hall–Kier alpha value is -0.774. The van der Waals surface area contributed by atoms with Crippen LogP contribution in [0, 0.1) is 7.43 Å². The number of nitrogens with zero attached hydrogens (tertiary/aromatic N) is 2. The summed E-state index contributed by atoms with van der Waals surface area (Å²) in [5.74, 6) is 0. The summed E-state index contributed by atoms with van der Waals surface area (Å²) in [6.45, 7) is 0. The molecule has 15 heavy (non-hydrogen) atoms. The second-order valence-electron chi connectivity index (χ2n) is 2.43. The molecule has 0 aliphatic heterocycles. The van der Waals surface area contributed by atoms with Crippen molar-refractivity contribution in [2.75, 3.05) is 0 Å². The summed E-state index contributed by atoms with van der Waals surface area (Å²) in [5.41, 5.74) is 1.83. The third kappa shape index (κ3) is 4.51. The maximum absolute atomic E-state index is 4.67. The molecular weight excluding hydrogens is 386 g/mol. The average Bonchev–Trinajstić information content (AvgIpc) is 2.34. The number of pyridine rings is 2. The summed E-state index contributed by atoms with van der Waals surface area (Å²) >= 11 is 1.33. The summed E-state index contributed by atoms with van der Waals surface area (Å²) in [7, 11) is 4.67. The predicted molar refractivity (Wildman–Crippen MR) is 59.7 cm³/mol. The van der Waals surface area contributed by atoms with Crippen LogP contribution in [0.25, 0.3) is 11.4 Å². The Morgan fingerprint density at radius 2 is 1.20 bits per heavy atom. The minimum atomic E-state index is 0. The molecule has 0 radical (unpaired) electrons. The number of hydrogen-bond acceptors (Lipinski definition) is 2. The molecule has 0 saturated heterocycles. The molecule has 2 rings (SSSR count). The molecule has 0 bridgehead atoms. The zero-order valence-corrected chi connectivity index (χ0v) is 11.5. The van der Waals surface area contributed by atoms with Crippen molar-refractivity contribution in [3.05, 3.63) is 56.2 Å². The van der Waals surface area contributed by atoms with Gasteiger partial charge in [-0.25, -0.2) is 0 Å². The molecule has 0 fully saturated rings. The summed E-state index contributed by atoms with van der Waals surface area (Å²) in [6.07, 6.45) is 3.54. The number of rotatable bonds is 1. The minimum absolute atomic E-state index is 0. The van der Waals surface area contributed by atoms with Gasteiger partial charge in [0, 0.05) is 12.4 Å². The quantitative estimate of drug-likeness (QED) is 0.691. The van der Waals surface area contributed by atoms with Gasteiger partial charge in [0.05, 0.1) is 11.4 Å². The van der Waals surface area contributed by atoms with Crippen molar-refractivity contribution in [2.24, 2.45) is 0 Å². The number of hydrogen-bond donors (Lipinski definition) is 0. The molecule has 0 aliphatic carbocycles. The van der Waals surface area contributed by atoms with Crippen molar-refractivity contribution in [3.8, 4) is 11.4 Å². The predicted octanol–water partition coefficient (Wildman–Crippen LogP) is 3.28. The molecule has 4 heteroatoms. The summed E-state index contributed by atoms with van der Waals surface area (Å²) < 4.78 is 0. The SMILES string of the molecule is [CH3-].[Cl][Os].c1ccc(-c2ccccn2)nc1. The average molecular weight is 397 g/mol. The topological polar surface area (TPSA) is 25.8 Å². The van der Waals surface area contributed by atoms with Gasteiger partial charge in [-0.2, -0.15) is 0 Å². The fourth-order valence-corrected chi connectivity index (χ4v) is 1.03. The fourth-order valence-electron chi connectivity index (χ4n) is 1.03. The Labute approximate surface area is 105 Å². The van der Waals surface area contributed by atoms with Crippen LogP contribution in [0.15, 0.2) is 48.8 Å². The molecule has 0 aliphatic rings. The van der Waals surface area contributed by atoms with Crippen molar-refractivity contribution >= 4 is 9.64 Å². The molecule has 2 aromatic rings. The molecule has 0 N–H and O–H groups in total. The van der Waals surface area contributed by atoms with Gasteiger partial charge in [-0.15, -0.1) is 0 Å². The van der Waals surface area contributed by atoms with E-state index in [2.05, 4.69) is 19.6 Å². The van der Waals surface area contributed by atoms with E-state index in [-0.39, 0.29) is 7.43 Å². The van der Waals surface area contributed by atoms with Crippen molar-refractivity contribution in [3.63, 3.8) is 0 Å². The van der Waals surface area contributed by atoms with Crippen LogP contribution < -0.4 is 0 Å². The summed E-state index contributed by atoms with van der Waals surface area (Å²) in [6, 6.07) is 11.6. The molecule has 0 atom stereocenters. The summed E-state index contributed by atoms with van der Waals surface area (Å²) in [5, 5.41) is 0. The third-order valence-corrected chi connectivity index (χ3v) is 1.59. The normalized spacial score (nSPS) is 8.13. The standard InChI is InChI=1S/C10H8N2.CH3.ClH.Os/c1-3-7-11-9(5-1)10-6-2-4-8-12-10;;;/h1-8H;1H3;1H;/q;-1;;+1/p-1. The van der Waals surface area contributed by atoms with Crippen LogP contribution in [0.2, 0.25) is 0 Å². The molecule has 2 nitrogen and oxygen atoms in total. The van der Waals surface area contributed by atoms with Crippen LogP contribution in [-0.4, -0.2) is 9.97 Å². The first kappa shape index (κ1) is 14.2. The molecular formula is C11H11ClN2Os-. The largest absolute Gasteiger partial charge is 0.255 e. The molecule has 0 amide bonds. The summed E-state index contributed by atoms with van der Waals surface area (Å²) in [4.78, 5) is 8.37. The van der Waals surface area contributed by atoms with E-state index in [0.717, 1.165) is 11.4 Å². The van der Waals surface area contributed by atoms with E-state index in [1.54, 1.807) is 12.4 Å². The van der Waals surface area contributed by atoms with Crippen molar-refractivity contribution in [1.29, 1.82) is 0 Å². The van der Waals surface area contributed by atoms with Gasteiger partial charge in [0.25, 0.3) is 0 Å². The Bertz CT molecular complexity index is 316. The minimum Gasteiger partial charge on any atom is -0.255 e. The zero-order valence-electron chi connectivity index (χ0n) is 8.24. The van der Waals surface area contributed by atoms with Gasteiger partial charge in [0.1, 0.15) is 0 Å². The molecule has 0 unspecified atom stereocenters. The molecule has 0 saturated carbocycles. The first-order valence-electron chi connectivity index (χ1n) is 3.92. The van der Waals surface area contributed by atoms with E-state index >= 15 is 0 Å². The van der Waals surface area contributed by atoms with E-state index in [0.29, 0.717) is 0 Å². The van der Waals surface area contributed by atoms with E-state index in [1.807, 2.05) is 36.4 Å². The molecule has 81 valence electrons. The van der Waals surface area contributed by atoms with Crippen LogP contribution in [0.4, 0.5) is 0 Å². The Morgan fingerprint density at radius 3 is 1.47 bits per heavy atom. The Morgan fingerprint density at radius 1 is 0.800 bits per heavy atom. The van der Waals surface area contributed by atoms with E-state index in [4.69, 9.17) is 0 Å². The third-order valence-electron chi connectivity index (χ3n) is 1.59.